The van der Waals surface area contributed by atoms with Crippen LogP contribution in [0.2, 0.25) is 5.02 Å². The molecule has 0 bridgehead atoms. The van der Waals surface area contributed by atoms with Gasteiger partial charge in [0.1, 0.15) is 6.33 Å². The molecule has 0 atom stereocenters. The van der Waals surface area contributed by atoms with E-state index in [0.29, 0.717) is 11.6 Å². The molecule has 0 saturated carbocycles. The zero-order chi connectivity index (χ0) is 18.9. The number of benzene rings is 2. The van der Waals surface area contributed by atoms with Crippen LogP contribution in [0.1, 0.15) is 5.56 Å². The minimum atomic E-state index is 0.655. The first-order valence-corrected chi connectivity index (χ1v) is 9.75. The third kappa shape index (κ3) is 3.35. The second kappa shape index (κ2) is 7.06. The number of hydrogen-bond donors (Lipinski definition) is 2. The van der Waals surface area contributed by atoms with Crippen molar-refractivity contribution < 1.29 is 0 Å². The first-order valence-electron chi connectivity index (χ1n) is 8.55. The van der Waals surface area contributed by atoms with Crippen molar-refractivity contribution in [1.82, 2.24) is 29.8 Å². The summed E-state index contributed by atoms with van der Waals surface area (Å²) in [5.41, 5.74) is 4.02. The monoisotopic (exact) mass is 407 g/mol. The summed E-state index contributed by atoms with van der Waals surface area (Å²) in [6, 6.07) is 15.8. The highest BCUT2D eigenvalue weighted by Crippen LogP contribution is 2.26. The number of H-pyrrole nitrogens is 1. The van der Waals surface area contributed by atoms with Crippen LogP contribution in [0.15, 0.2) is 61.1 Å². The van der Waals surface area contributed by atoms with Gasteiger partial charge in [-0.3, -0.25) is 5.10 Å². The Bertz CT molecular complexity index is 1190. The van der Waals surface area contributed by atoms with Crippen molar-refractivity contribution in [2.45, 2.75) is 6.54 Å². The lowest BCUT2D eigenvalue weighted by atomic mass is 10.1. The van der Waals surface area contributed by atoms with E-state index in [1.165, 1.54) is 17.7 Å². The fourth-order valence-electron chi connectivity index (χ4n) is 2.88. The minimum Gasteiger partial charge on any atom is -0.356 e. The highest BCUT2D eigenvalue weighted by atomic mass is 35.5. The average molecular weight is 408 g/mol. The fourth-order valence-corrected chi connectivity index (χ4v) is 3.79. The van der Waals surface area contributed by atoms with E-state index < -0.39 is 0 Å². The van der Waals surface area contributed by atoms with Gasteiger partial charge in [-0.15, -0.1) is 5.10 Å². The molecule has 5 rings (SSSR count). The van der Waals surface area contributed by atoms with Crippen LogP contribution < -0.4 is 5.32 Å². The number of halogens is 1. The molecule has 2 aromatic carbocycles. The molecule has 3 aromatic heterocycles. The Hall–Kier alpha value is -3.23. The van der Waals surface area contributed by atoms with Crippen LogP contribution in [0.5, 0.6) is 0 Å². The van der Waals surface area contributed by atoms with E-state index in [1.54, 1.807) is 4.52 Å². The molecular formula is C19H14ClN7S. The van der Waals surface area contributed by atoms with Crippen LogP contribution in [0.25, 0.3) is 27.6 Å². The third-order valence-electron chi connectivity index (χ3n) is 4.24. The molecule has 2 N–H and O–H groups in total. The van der Waals surface area contributed by atoms with E-state index >= 15 is 0 Å². The van der Waals surface area contributed by atoms with Crippen LogP contribution in [0, 0.1) is 0 Å². The van der Waals surface area contributed by atoms with E-state index in [4.69, 9.17) is 11.6 Å². The van der Waals surface area contributed by atoms with Gasteiger partial charge < -0.3 is 5.32 Å². The largest absolute Gasteiger partial charge is 0.356 e. The first-order chi connectivity index (χ1) is 13.7. The lowest BCUT2D eigenvalue weighted by molar-refractivity contribution is 0.962. The van der Waals surface area contributed by atoms with Gasteiger partial charge in [0.05, 0.1) is 11.9 Å². The molecule has 9 heteroatoms. The zero-order valence-corrected chi connectivity index (χ0v) is 16.1. The van der Waals surface area contributed by atoms with E-state index in [0.717, 1.165) is 38.3 Å². The molecule has 0 aliphatic carbocycles. The Morgan fingerprint density at radius 1 is 1.11 bits per heavy atom. The molecule has 0 aliphatic heterocycles. The summed E-state index contributed by atoms with van der Waals surface area (Å²) in [7, 11) is 0. The molecule has 0 spiro atoms. The van der Waals surface area contributed by atoms with Crippen molar-refractivity contribution >= 4 is 33.0 Å². The van der Waals surface area contributed by atoms with Crippen LogP contribution in [-0.4, -0.2) is 29.8 Å². The zero-order valence-electron chi connectivity index (χ0n) is 14.5. The van der Waals surface area contributed by atoms with Crippen molar-refractivity contribution in [3.63, 3.8) is 0 Å². The van der Waals surface area contributed by atoms with Gasteiger partial charge in [0.15, 0.2) is 5.82 Å². The normalized spacial score (nSPS) is 11.2. The van der Waals surface area contributed by atoms with E-state index in [2.05, 4.69) is 42.7 Å². The quantitative estimate of drug-likeness (QED) is 0.448. The van der Waals surface area contributed by atoms with E-state index in [1.807, 2.05) is 42.6 Å². The summed E-state index contributed by atoms with van der Waals surface area (Å²) >= 11 is 7.46. The van der Waals surface area contributed by atoms with Crippen LogP contribution >= 0.6 is 22.9 Å². The van der Waals surface area contributed by atoms with Crippen molar-refractivity contribution in [3.05, 3.63) is 71.6 Å². The maximum Gasteiger partial charge on any atom is 0.214 e. The van der Waals surface area contributed by atoms with E-state index in [9.17, 15) is 0 Å². The Morgan fingerprint density at radius 3 is 2.79 bits per heavy atom. The molecule has 0 aliphatic rings. The summed E-state index contributed by atoms with van der Waals surface area (Å²) in [6.07, 6.45) is 3.43. The standard InChI is InChI=1S/C19H14ClN7S/c20-15-6-4-13(5-7-15)16-10-27-19(24-16)28-18(26-27)21-9-12-2-1-3-14(8-12)17-22-11-23-25-17/h1-8,10-11H,9H2,(H,21,26)(H,22,23,25). The summed E-state index contributed by atoms with van der Waals surface area (Å²) < 4.78 is 1.79. The van der Waals surface area contributed by atoms with Gasteiger partial charge in [-0.25, -0.2) is 14.5 Å². The number of aromatic amines is 1. The molecule has 0 amide bonds. The highest BCUT2D eigenvalue weighted by molar-refractivity contribution is 7.20. The molecule has 0 fully saturated rings. The summed E-state index contributed by atoms with van der Waals surface area (Å²) in [6.45, 7) is 0.655. The van der Waals surface area contributed by atoms with Gasteiger partial charge in [-0.05, 0) is 23.8 Å². The van der Waals surface area contributed by atoms with Gasteiger partial charge in [-0.2, -0.15) is 5.10 Å². The van der Waals surface area contributed by atoms with Gasteiger partial charge in [0, 0.05) is 22.7 Å². The van der Waals surface area contributed by atoms with Crippen molar-refractivity contribution in [1.29, 1.82) is 0 Å². The van der Waals surface area contributed by atoms with Crippen molar-refractivity contribution in [2.24, 2.45) is 0 Å². The number of aromatic nitrogens is 6. The first kappa shape index (κ1) is 16.9. The molecule has 7 nitrogen and oxygen atoms in total. The smallest absolute Gasteiger partial charge is 0.214 e. The molecule has 138 valence electrons. The number of hydrogen-bond acceptors (Lipinski definition) is 6. The number of fused-ring (bicyclic) bond motifs is 1. The number of imidazole rings is 1. The molecule has 5 aromatic rings. The SMILES string of the molecule is Clc1ccc(-c2cn3nc(NCc4cccc(-c5ncn[nH]5)c4)sc3n2)cc1. The Labute approximate surface area is 169 Å². The third-order valence-corrected chi connectivity index (χ3v) is 5.37. The van der Waals surface area contributed by atoms with Gasteiger partial charge in [-0.1, -0.05) is 53.3 Å². The highest BCUT2D eigenvalue weighted by Gasteiger charge is 2.10. The average Bonchev–Trinajstić information content (AvgIpc) is 3.44. The van der Waals surface area contributed by atoms with Gasteiger partial charge in [0.2, 0.25) is 10.1 Å². The molecule has 3 heterocycles. The second-order valence-electron chi connectivity index (χ2n) is 6.16. The maximum atomic E-state index is 5.95. The van der Waals surface area contributed by atoms with Crippen LogP contribution in [0.3, 0.4) is 0 Å². The fraction of sp³-hybridized carbons (Fsp3) is 0.0526. The second-order valence-corrected chi connectivity index (χ2v) is 7.55. The Balaban J connectivity index is 1.32. The Morgan fingerprint density at radius 2 is 2.00 bits per heavy atom. The lowest BCUT2D eigenvalue weighted by Crippen LogP contribution is -1.99. The lowest BCUT2D eigenvalue weighted by Gasteiger charge is -2.04. The Kier molecular flexibility index (Phi) is 4.27. The number of nitrogens with one attached hydrogen (secondary N) is 2. The minimum absolute atomic E-state index is 0.655. The summed E-state index contributed by atoms with van der Waals surface area (Å²) in [4.78, 5) is 9.68. The van der Waals surface area contributed by atoms with E-state index in [-0.39, 0.29) is 0 Å². The van der Waals surface area contributed by atoms with Crippen LogP contribution in [0.4, 0.5) is 5.13 Å². The van der Waals surface area contributed by atoms with Gasteiger partial charge in [0.25, 0.3) is 0 Å². The topological polar surface area (TPSA) is 83.8 Å². The summed E-state index contributed by atoms with van der Waals surface area (Å²) in [5.74, 6) is 0.754. The van der Waals surface area contributed by atoms with Crippen LogP contribution in [-0.2, 0) is 6.54 Å². The number of anilines is 1. The van der Waals surface area contributed by atoms with Crippen molar-refractivity contribution in [2.75, 3.05) is 5.32 Å². The molecular weight excluding hydrogens is 394 g/mol. The predicted octanol–water partition coefficient (Wildman–Crippen LogP) is 4.51. The number of nitrogens with zero attached hydrogens (tertiary/aromatic N) is 5. The maximum absolute atomic E-state index is 5.95. The molecule has 0 saturated heterocycles. The molecule has 0 radical (unpaired) electrons. The van der Waals surface area contributed by atoms with Gasteiger partial charge >= 0.3 is 0 Å². The molecule has 0 unspecified atom stereocenters. The van der Waals surface area contributed by atoms with Crippen molar-refractivity contribution in [3.8, 4) is 22.6 Å². The predicted molar refractivity (Wildman–Crippen MR) is 110 cm³/mol. The molecule has 28 heavy (non-hydrogen) atoms. The summed E-state index contributed by atoms with van der Waals surface area (Å²) in [5, 5.41) is 16.2. The number of rotatable bonds is 5.